The molecule has 0 spiro atoms. The number of carbonyl (C=O) groups excluding carboxylic acids is 2. The minimum absolute atomic E-state index is 0.0307. The number of halogens is 2. The Hall–Kier alpha value is -3.85. The van der Waals surface area contributed by atoms with Gasteiger partial charge in [-0.1, -0.05) is 102 Å². The van der Waals surface area contributed by atoms with Crippen molar-refractivity contribution >= 4 is 50.7 Å². The molecule has 4 aromatic carbocycles. The lowest BCUT2D eigenvalue weighted by molar-refractivity contribution is -0.140. The maximum Gasteiger partial charge on any atom is 0.264 e. The van der Waals surface area contributed by atoms with E-state index in [4.69, 9.17) is 23.2 Å². The normalized spacial score (nSPS) is 14.1. The van der Waals surface area contributed by atoms with Crippen molar-refractivity contribution in [3.8, 4) is 0 Å². The van der Waals surface area contributed by atoms with Crippen LogP contribution in [0.1, 0.15) is 42.4 Å². The highest BCUT2D eigenvalue weighted by molar-refractivity contribution is 7.92. The average molecular weight is 679 g/mol. The summed E-state index contributed by atoms with van der Waals surface area (Å²) < 4.78 is 29.4. The lowest BCUT2D eigenvalue weighted by atomic mass is 10.0. The Morgan fingerprint density at radius 3 is 2.15 bits per heavy atom. The molecule has 5 rings (SSSR count). The van der Waals surface area contributed by atoms with E-state index in [0.29, 0.717) is 10.0 Å². The largest absolute Gasteiger partial charge is 0.352 e. The molecule has 2 amide bonds. The standard InChI is InChI=1S/C36H37Cl2N3O4S/c1-26-14-20-33(21-15-26)46(44,45)41(32-13-7-10-30(38)23-32)25-35(42)40(24-28-16-18-29(37)19-17-28)34(22-27-8-3-2-4-9-27)36(43)39-31-11-5-6-12-31/h2-4,7-10,13-21,23,31,34H,5-6,11-12,22,24-25H2,1H3,(H,39,43)/t34-/m0/s1. The summed E-state index contributed by atoms with van der Waals surface area (Å²) in [6, 6.07) is 28.5. The highest BCUT2D eigenvalue weighted by Crippen LogP contribution is 2.28. The number of amides is 2. The summed E-state index contributed by atoms with van der Waals surface area (Å²) in [6.45, 7) is 1.39. The molecule has 46 heavy (non-hydrogen) atoms. The smallest absolute Gasteiger partial charge is 0.264 e. The first kappa shape index (κ1) is 33.5. The Balaban J connectivity index is 1.56. The highest BCUT2D eigenvalue weighted by Gasteiger charge is 2.35. The zero-order chi connectivity index (χ0) is 32.7. The molecule has 0 aromatic heterocycles. The molecule has 0 bridgehead atoms. The van der Waals surface area contributed by atoms with Crippen LogP contribution in [0.5, 0.6) is 0 Å². The third-order valence-corrected chi connectivity index (χ3v) is 10.5. The number of hydrogen-bond acceptors (Lipinski definition) is 4. The molecular weight excluding hydrogens is 641 g/mol. The van der Waals surface area contributed by atoms with Crippen molar-refractivity contribution in [2.45, 2.75) is 62.6 Å². The number of nitrogens with zero attached hydrogens (tertiary/aromatic N) is 2. The van der Waals surface area contributed by atoms with Crippen LogP contribution in [0.15, 0.2) is 108 Å². The maximum absolute atomic E-state index is 14.6. The number of sulfonamides is 1. The second-order valence-corrected chi connectivity index (χ2v) is 14.4. The number of anilines is 1. The van der Waals surface area contributed by atoms with Gasteiger partial charge in [-0.05, 0) is 73.4 Å². The van der Waals surface area contributed by atoms with Gasteiger partial charge in [0, 0.05) is 29.1 Å². The number of carbonyl (C=O) groups is 2. The quantitative estimate of drug-likeness (QED) is 0.172. The molecule has 0 radical (unpaired) electrons. The second kappa shape index (κ2) is 15.2. The van der Waals surface area contributed by atoms with Crippen molar-refractivity contribution < 1.29 is 18.0 Å². The molecule has 0 aliphatic heterocycles. The van der Waals surface area contributed by atoms with Crippen LogP contribution in [-0.2, 0) is 32.6 Å². The first-order valence-electron chi connectivity index (χ1n) is 15.3. The summed E-state index contributed by atoms with van der Waals surface area (Å²) in [4.78, 5) is 30.2. The Kier molecular flexibility index (Phi) is 11.0. The predicted octanol–water partition coefficient (Wildman–Crippen LogP) is 7.20. The van der Waals surface area contributed by atoms with E-state index in [9.17, 15) is 18.0 Å². The van der Waals surface area contributed by atoms with Gasteiger partial charge in [0.05, 0.1) is 10.6 Å². The number of rotatable bonds is 12. The Morgan fingerprint density at radius 2 is 1.50 bits per heavy atom. The fourth-order valence-corrected chi connectivity index (χ4v) is 7.42. The molecule has 1 saturated carbocycles. The van der Waals surface area contributed by atoms with E-state index < -0.39 is 28.5 Å². The van der Waals surface area contributed by atoms with E-state index in [1.54, 1.807) is 54.6 Å². The van der Waals surface area contributed by atoms with Crippen molar-refractivity contribution in [1.29, 1.82) is 0 Å². The van der Waals surface area contributed by atoms with Gasteiger partial charge in [0.25, 0.3) is 10.0 Å². The first-order valence-corrected chi connectivity index (χ1v) is 17.5. The van der Waals surface area contributed by atoms with E-state index in [1.807, 2.05) is 37.3 Å². The predicted molar refractivity (Wildman–Crippen MR) is 183 cm³/mol. The molecule has 1 aliphatic rings. The van der Waals surface area contributed by atoms with Crippen LogP contribution < -0.4 is 9.62 Å². The summed E-state index contributed by atoms with van der Waals surface area (Å²) in [5.41, 5.74) is 2.76. The maximum atomic E-state index is 14.6. The second-order valence-electron chi connectivity index (χ2n) is 11.6. The monoisotopic (exact) mass is 677 g/mol. The molecular formula is C36H37Cl2N3O4S. The van der Waals surface area contributed by atoms with Gasteiger partial charge >= 0.3 is 0 Å². The number of aryl methyl sites for hydroxylation is 1. The van der Waals surface area contributed by atoms with Gasteiger partial charge in [-0.15, -0.1) is 0 Å². The van der Waals surface area contributed by atoms with E-state index in [0.717, 1.165) is 46.7 Å². The van der Waals surface area contributed by atoms with Gasteiger partial charge in [0.15, 0.2) is 0 Å². The van der Waals surface area contributed by atoms with Crippen LogP contribution >= 0.6 is 23.2 Å². The molecule has 0 saturated heterocycles. The van der Waals surface area contributed by atoms with Crippen molar-refractivity contribution in [2.75, 3.05) is 10.8 Å². The fraction of sp³-hybridized carbons (Fsp3) is 0.278. The summed E-state index contributed by atoms with van der Waals surface area (Å²) in [6.07, 6.45) is 4.08. The molecule has 240 valence electrons. The van der Waals surface area contributed by atoms with Crippen molar-refractivity contribution in [2.24, 2.45) is 0 Å². The van der Waals surface area contributed by atoms with E-state index in [-0.39, 0.29) is 35.5 Å². The number of benzene rings is 4. The summed E-state index contributed by atoms with van der Waals surface area (Å²) in [5.74, 6) is -0.804. The molecule has 7 nitrogen and oxygen atoms in total. The van der Waals surface area contributed by atoms with Crippen molar-refractivity contribution in [1.82, 2.24) is 10.2 Å². The summed E-state index contributed by atoms with van der Waals surface area (Å²) >= 11 is 12.5. The topological polar surface area (TPSA) is 86.8 Å². The lowest BCUT2D eigenvalue weighted by Gasteiger charge is -2.34. The van der Waals surface area contributed by atoms with Gasteiger partial charge in [-0.2, -0.15) is 0 Å². The Bertz CT molecular complexity index is 1740. The zero-order valence-corrected chi connectivity index (χ0v) is 27.9. The molecule has 1 fully saturated rings. The third kappa shape index (κ3) is 8.49. The zero-order valence-electron chi connectivity index (χ0n) is 25.6. The van der Waals surface area contributed by atoms with E-state index in [1.165, 1.54) is 23.1 Å². The van der Waals surface area contributed by atoms with Crippen LogP contribution in [0.25, 0.3) is 0 Å². The van der Waals surface area contributed by atoms with Gasteiger partial charge in [-0.3, -0.25) is 13.9 Å². The highest BCUT2D eigenvalue weighted by atomic mass is 35.5. The molecule has 0 unspecified atom stereocenters. The third-order valence-electron chi connectivity index (χ3n) is 8.22. The molecule has 1 N–H and O–H groups in total. The van der Waals surface area contributed by atoms with Crippen molar-refractivity contribution in [3.63, 3.8) is 0 Å². The summed E-state index contributed by atoms with van der Waals surface area (Å²) in [7, 11) is -4.21. The van der Waals surface area contributed by atoms with Crippen LogP contribution in [0, 0.1) is 6.92 Å². The van der Waals surface area contributed by atoms with Gasteiger partial charge in [0.1, 0.15) is 12.6 Å². The number of nitrogens with one attached hydrogen (secondary N) is 1. The minimum atomic E-state index is -4.21. The SMILES string of the molecule is Cc1ccc(S(=O)(=O)N(CC(=O)N(Cc2ccc(Cl)cc2)[C@@H](Cc2ccccc2)C(=O)NC2CCCC2)c2cccc(Cl)c2)cc1. The molecule has 1 aliphatic carbocycles. The van der Waals surface area contributed by atoms with E-state index >= 15 is 0 Å². The molecule has 4 aromatic rings. The minimum Gasteiger partial charge on any atom is -0.352 e. The number of hydrogen-bond donors (Lipinski definition) is 1. The average Bonchev–Trinajstić information content (AvgIpc) is 3.56. The summed E-state index contributed by atoms with van der Waals surface area (Å²) in [5, 5.41) is 4.04. The molecule has 10 heteroatoms. The van der Waals surface area contributed by atoms with Crippen LogP contribution in [0.4, 0.5) is 5.69 Å². The van der Waals surface area contributed by atoms with Crippen LogP contribution in [0.3, 0.4) is 0 Å². The van der Waals surface area contributed by atoms with Crippen LogP contribution in [-0.4, -0.2) is 43.8 Å². The van der Waals surface area contributed by atoms with Crippen molar-refractivity contribution in [3.05, 3.63) is 130 Å². The van der Waals surface area contributed by atoms with E-state index in [2.05, 4.69) is 5.32 Å². The van der Waals surface area contributed by atoms with Gasteiger partial charge < -0.3 is 10.2 Å². The lowest BCUT2D eigenvalue weighted by Crippen LogP contribution is -2.54. The first-order chi connectivity index (χ1) is 22.1. The molecule has 1 atom stereocenters. The fourth-order valence-electron chi connectivity index (χ4n) is 5.71. The molecule has 0 heterocycles. The van der Waals surface area contributed by atoms with Gasteiger partial charge in [0.2, 0.25) is 11.8 Å². The Labute approximate surface area is 281 Å². The Morgan fingerprint density at radius 1 is 0.826 bits per heavy atom. The van der Waals surface area contributed by atoms with Gasteiger partial charge in [-0.25, -0.2) is 8.42 Å². The van der Waals surface area contributed by atoms with Crippen LogP contribution in [0.2, 0.25) is 10.0 Å².